The van der Waals surface area contributed by atoms with Crippen molar-refractivity contribution in [2.24, 2.45) is 0 Å². The molecule has 1 atom stereocenters. The number of amides is 1. The van der Waals surface area contributed by atoms with E-state index in [0.717, 1.165) is 17.0 Å². The van der Waals surface area contributed by atoms with E-state index < -0.39 is 39.3 Å². The lowest BCUT2D eigenvalue weighted by molar-refractivity contribution is -0.137. The third-order valence-electron chi connectivity index (χ3n) is 3.98. The molecule has 1 unspecified atom stereocenters. The molecule has 2 heterocycles. The molecule has 1 amide bonds. The van der Waals surface area contributed by atoms with Crippen LogP contribution in [0, 0.1) is 0 Å². The highest BCUT2D eigenvalue weighted by Crippen LogP contribution is 2.36. The number of anilines is 1. The van der Waals surface area contributed by atoms with Crippen molar-refractivity contribution >= 4 is 21.6 Å². The molecule has 0 bridgehead atoms. The second-order valence-corrected chi connectivity index (χ2v) is 7.61. The van der Waals surface area contributed by atoms with Crippen molar-refractivity contribution in [3.63, 3.8) is 0 Å². The summed E-state index contributed by atoms with van der Waals surface area (Å²) in [5.41, 5.74) is -0.603. The normalized spacial score (nSPS) is 17.9. The van der Waals surface area contributed by atoms with Gasteiger partial charge >= 0.3 is 6.18 Å². The first-order chi connectivity index (χ1) is 11.6. The summed E-state index contributed by atoms with van der Waals surface area (Å²) >= 11 is 0. The number of sulfone groups is 1. The first kappa shape index (κ1) is 17.4. The Morgan fingerprint density at radius 1 is 1.20 bits per heavy atom. The van der Waals surface area contributed by atoms with E-state index in [-0.39, 0.29) is 16.3 Å². The average Bonchev–Trinajstić information content (AvgIpc) is 2.53. The van der Waals surface area contributed by atoms with Crippen LogP contribution in [-0.2, 0) is 20.8 Å². The van der Waals surface area contributed by atoms with Crippen LogP contribution in [0.2, 0.25) is 0 Å². The summed E-state index contributed by atoms with van der Waals surface area (Å²) in [5, 5.41) is 0. The van der Waals surface area contributed by atoms with Gasteiger partial charge in [-0.2, -0.15) is 13.2 Å². The molecule has 0 saturated heterocycles. The van der Waals surface area contributed by atoms with Gasteiger partial charge in [0.05, 0.1) is 11.6 Å². The largest absolute Gasteiger partial charge is 0.416 e. The van der Waals surface area contributed by atoms with E-state index in [0.29, 0.717) is 0 Å². The van der Waals surface area contributed by atoms with Gasteiger partial charge in [0.25, 0.3) is 0 Å². The number of hydrogen-bond donors (Lipinski definition) is 0. The van der Waals surface area contributed by atoms with Crippen molar-refractivity contribution in [1.29, 1.82) is 0 Å². The van der Waals surface area contributed by atoms with E-state index in [4.69, 9.17) is 0 Å². The highest BCUT2D eigenvalue weighted by Gasteiger charge is 2.39. The van der Waals surface area contributed by atoms with Gasteiger partial charge in [-0.1, -0.05) is 12.1 Å². The average molecular weight is 370 g/mol. The van der Waals surface area contributed by atoms with Crippen LogP contribution >= 0.6 is 0 Å². The zero-order chi connectivity index (χ0) is 18.4. The molecule has 1 aromatic heterocycles. The van der Waals surface area contributed by atoms with Crippen molar-refractivity contribution in [3.05, 3.63) is 53.7 Å². The molecule has 2 aromatic rings. The van der Waals surface area contributed by atoms with Crippen molar-refractivity contribution < 1.29 is 26.4 Å². The molecule has 0 aliphatic carbocycles. The maximum absolute atomic E-state index is 12.9. The zero-order valence-electron chi connectivity index (χ0n) is 13.0. The standard InChI is InChI=1S/C16H13F3N2O3S/c1-10(11-4-2-5-12(8-11)16(17,18)19)21-14(22)9-25(23,24)13-6-3-7-20-15(13)21/h2-8,10H,9H2,1H3. The van der Waals surface area contributed by atoms with Crippen LogP contribution < -0.4 is 4.90 Å². The van der Waals surface area contributed by atoms with E-state index in [2.05, 4.69) is 4.98 Å². The van der Waals surface area contributed by atoms with Gasteiger partial charge in [0.2, 0.25) is 5.91 Å². The van der Waals surface area contributed by atoms with Gasteiger partial charge in [-0.3, -0.25) is 9.69 Å². The molecule has 0 fully saturated rings. The Kier molecular flexibility index (Phi) is 4.06. The molecular weight excluding hydrogens is 357 g/mol. The summed E-state index contributed by atoms with van der Waals surface area (Å²) in [6.07, 6.45) is -3.18. The van der Waals surface area contributed by atoms with Crippen molar-refractivity contribution in [2.75, 3.05) is 10.7 Å². The highest BCUT2D eigenvalue weighted by atomic mass is 32.2. The van der Waals surface area contributed by atoms with Gasteiger partial charge in [-0.25, -0.2) is 13.4 Å². The molecule has 132 valence electrons. The molecule has 1 aliphatic rings. The minimum atomic E-state index is -4.51. The van der Waals surface area contributed by atoms with Gasteiger partial charge in [-0.05, 0) is 36.8 Å². The SMILES string of the molecule is CC(c1cccc(C(F)(F)F)c1)N1C(=O)CS(=O)(=O)c2cccnc21. The third-order valence-corrected chi connectivity index (χ3v) is 5.60. The summed E-state index contributed by atoms with van der Waals surface area (Å²) in [5.74, 6) is -1.53. The Bertz CT molecular complexity index is 942. The number of carbonyl (C=O) groups excluding carboxylic acids is 1. The summed E-state index contributed by atoms with van der Waals surface area (Å²) in [6, 6.07) is 6.54. The Hall–Kier alpha value is -2.42. The van der Waals surface area contributed by atoms with Crippen LogP contribution in [0.25, 0.3) is 0 Å². The van der Waals surface area contributed by atoms with Crippen molar-refractivity contribution in [2.45, 2.75) is 24.0 Å². The fourth-order valence-corrected chi connectivity index (χ4v) is 4.09. The molecule has 0 spiro atoms. The van der Waals surface area contributed by atoms with E-state index in [9.17, 15) is 26.4 Å². The predicted molar refractivity (Wildman–Crippen MR) is 83.6 cm³/mol. The maximum atomic E-state index is 12.9. The second-order valence-electron chi connectivity index (χ2n) is 5.65. The Morgan fingerprint density at radius 3 is 2.60 bits per heavy atom. The minimum Gasteiger partial charge on any atom is -0.287 e. The predicted octanol–water partition coefficient (Wildman–Crippen LogP) is 2.98. The lowest BCUT2D eigenvalue weighted by Crippen LogP contribution is -2.43. The van der Waals surface area contributed by atoms with Crippen LogP contribution in [0.1, 0.15) is 24.1 Å². The van der Waals surface area contributed by atoms with Crippen molar-refractivity contribution in [1.82, 2.24) is 4.98 Å². The summed E-state index contributed by atoms with van der Waals surface area (Å²) in [6.45, 7) is 1.53. The van der Waals surface area contributed by atoms with Gasteiger partial charge in [0.1, 0.15) is 10.6 Å². The van der Waals surface area contributed by atoms with Crippen LogP contribution in [0.3, 0.4) is 0 Å². The van der Waals surface area contributed by atoms with Crippen LogP contribution in [-0.4, -0.2) is 25.1 Å². The van der Waals surface area contributed by atoms with E-state index >= 15 is 0 Å². The number of fused-ring (bicyclic) bond motifs is 1. The first-order valence-corrected chi connectivity index (χ1v) is 8.93. The molecule has 0 radical (unpaired) electrons. The second kappa shape index (κ2) is 5.83. The number of halogens is 3. The van der Waals surface area contributed by atoms with Crippen LogP contribution in [0.4, 0.5) is 19.0 Å². The fraction of sp³-hybridized carbons (Fsp3) is 0.250. The first-order valence-electron chi connectivity index (χ1n) is 7.28. The van der Waals surface area contributed by atoms with Crippen LogP contribution in [0.15, 0.2) is 47.5 Å². The number of alkyl halides is 3. The number of benzene rings is 1. The molecule has 5 nitrogen and oxygen atoms in total. The van der Waals surface area contributed by atoms with Gasteiger partial charge in [-0.15, -0.1) is 0 Å². The quantitative estimate of drug-likeness (QED) is 0.815. The van der Waals surface area contributed by atoms with E-state index in [1.165, 1.54) is 37.4 Å². The number of aromatic nitrogens is 1. The number of carbonyl (C=O) groups is 1. The zero-order valence-corrected chi connectivity index (χ0v) is 13.8. The molecule has 1 aromatic carbocycles. The van der Waals surface area contributed by atoms with E-state index in [1.807, 2.05) is 0 Å². The molecule has 25 heavy (non-hydrogen) atoms. The molecule has 3 rings (SSSR count). The van der Waals surface area contributed by atoms with Crippen LogP contribution in [0.5, 0.6) is 0 Å². The number of pyridine rings is 1. The Morgan fingerprint density at radius 2 is 1.92 bits per heavy atom. The number of rotatable bonds is 2. The summed E-state index contributed by atoms with van der Waals surface area (Å²) < 4.78 is 63.0. The summed E-state index contributed by atoms with van der Waals surface area (Å²) in [7, 11) is -3.80. The van der Waals surface area contributed by atoms with Gasteiger partial charge in [0, 0.05) is 6.20 Å². The molecule has 0 saturated carbocycles. The lowest BCUT2D eigenvalue weighted by atomic mass is 10.0. The minimum absolute atomic E-state index is 0.0661. The molecule has 1 aliphatic heterocycles. The molecular formula is C16H13F3N2O3S. The number of nitrogens with zero attached hydrogens (tertiary/aromatic N) is 2. The lowest BCUT2D eigenvalue weighted by Gasteiger charge is -2.33. The van der Waals surface area contributed by atoms with E-state index in [1.54, 1.807) is 0 Å². The third kappa shape index (κ3) is 3.11. The smallest absolute Gasteiger partial charge is 0.287 e. The monoisotopic (exact) mass is 370 g/mol. The van der Waals surface area contributed by atoms with Crippen molar-refractivity contribution in [3.8, 4) is 0 Å². The Labute approximate surface area is 142 Å². The molecule has 9 heteroatoms. The van der Waals surface area contributed by atoms with Gasteiger partial charge < -0.3 is 0 Å². The molecule has 0 N–H and O–H groups in total. The highest BCUT2D eigenvalue weighted by molar-refractivity contribution is 7.92. The Balaban J connectivity index is 2.09. The number of hydrogen-bond acceptors (Lipinski definition) is 4. The fourth-order valence-electron chi connectivity index (χ4n) is 2.76. The van der Waals surface area contributed by atoms with Gasteiger partial charge in [0.15, 0.2) is 15.7 Å². The summed E-state index contributed by atoms with van der Waals surface area (Å²) in [4.78, 5) is 17.3. The maximum Gasteiger partial charge on any atom is 0.416 e. The topological polar surface area (TPSA) is 67.3 Å².